The molecule has 1 heterocycles. The summed E-state index contributed by atoms with van der Waals surface area (Å²) in [7, 11) is 0. The Morgan fingerprint density at radius 3 is 1.88 bits per heavy atom. The first kappa shape index (κ1) is 24.6. The van der Waals surface area contributed by atoms with Crippen LogP contribution >= 0.6 is 0 Å². The Morgan fingerprint density at radius 2 is 1.29 bits per heavy atom. The van der Waals surface area contributed by atoms with Crippen molar-refractivity contribution in [3.05, 3.63) is 49.8 Å². The van der Waals surface area contributed by atoms with Gasteiger partial charge in [-0.1, -0.05) is 19.3 Å². The van der Waals surface area contributed by atoms with Gasteiger partial charge in [0, 0.05) is 17.8 Å². The fourth-order valence-corrected chi connectivity index (χ4v) is 4.97. The highest BCUT2D eigenvalue weighted by molar-refractivity contribution is 5.79. The molecule has 34 heavy (non-hydrogen) atoms. The summed E-state index contributed by atoms with van der Waals surface area (Å²) in [5.74, 6) is 0. The quantitative estimate of drug-likeness (QED) is 0.443. The summed E-state index contributed by atoms with van der Waals surface area (Å²) in [6.07, 6.45) is -3.11. The van der Waals surface area contributed by atoms with Crippen LogP contribution in [0.1, 0.15) is 56.1 Å². The summed E-state index contributed by atoms with van der Waals surface area (Å²) < 4.78 is 79.0. The van der Waals surface area contributed by atoms with Crippen LogP contribution in [0.5, 0.6) is 0 Å². The van der Waals surface area contributed by atoms with Crippen LogP contribution in [0.4, 0.5) is 43.4 Å². The van der Waals surface area contributed by atoms with Crippen LogP contribution in [0.3, 0.4) is 0 Å². The van der Waals surface area contributed by atoms with Gasteiger partial charge in [-0.3, -0.25) is 14.5 Å². The van der Waals surface area contributed by atoms with Crippen molar-refractivity contribution in [2.75, 3.05) is 23.7 Å². The fraction of sp³-hybridized carbons (Fsp3) is 0.565. The fourth-order valence-electron chi connectivity index (χ4n) is 4.97. The standard InChI is InChI=1S/C23H25F6N3O2/c24-22(25,26)13-10-14(23(27,28)29)12-15(11-13)30-18-19(21(34)20(18)33)31-16-6-2-3-7-17(16)32-8-4-1-5-9-32/h10-12,16-17,30-31H,1-9H2/t16-,17-/m1/s1. The van der Waals surface area contributed by atoms with Gasteiger partial charge in [0.15, 0.2) is 0 Å². The first-order valence-electron chi connectivity index (χ1n) is 11.4. The van der Waals surface area contributed by atoms with Crippen molar-refractivity contribution in [1.29, 1.82) is 0 Å². The van der Waals surface area contributed by atoms with E-state index >= 15 is 0 Å². The van der Waals surface area contributed by atoms with Crippen LogP contribution < -0.4 is 21.5 Å². The summed E-state index contributed by atoms with van der Waals surface area (Å²) in [6.45, 7) is 1.87. The largest absolute Gasteiger partial charge is 0.416 e. The number of alkyl halides is 6. The molecule has 2 aromatic rings. The molecule has 0 radical (unpaired) electrons. The zero-order valence-electron chi connectivity index (χ0n) is 18.3. The Labute approximate surface area is 191 Å². The highest BCUT2D eigenvalue weighted by atomic mass is 19.4. The van der Waals surface area contributed by atoms with Crippen molar-refractivity contribution in [2.45, 2.75) is 69.4 Å². The minimum absolute atomic E-state index is 0.0116. The summed E-state index contributed by atoms with van der Waals surface area (Å²) in [5, 5.41) is 5.45. The lowest BCUT2D eigenvalue weighted by atomic mass is 9.87. The Bertz CT molecular complexity index is 1070. The Balaban J connectivity index is 1.60. The topological polar surface area (TPSA) is 61.4 Å². The van der Waals surface area contributed by atoms with Crippen LogP contribution in [-0.4, -0.2) is 30.1 Å². The summed E-state index contributed by atoms with van der Waals surface area (Å²) in [5.41, 5.74) is -5.75. The van der Waals surface area contributed by atoms with Gasteiger partial charge in [-0.15, -0.1) is 0 Å². The van der Waals surface area contributed by atoms with Crippen LogP contribution in [-0.2, 0) is 12.4 Å². The van der Waals surface area contributed by atoms with Crippen LogP contribution in [0.2, 0.25) is 0 Å². The highest BCUT2D eigenvalue weighted by Gasteiger charge is 2.38. The average Bonchev–Trinajstić information content (AvgIpc) is 2.80. The number of hydrogen-bond donors (Lipinski definition) is 2. The van der Waals surface area contributed by atoms with Crippen LogP contribution in [0.15, 0.2) is 27.8 Å². The molecular formula is C23H25F6N3O2. The average molecular weight is 489 g/mol. The number of nitrogens with one attached hydrogen (secondary N) is 2. The van der Waals surface area contributed by atoms with Crippen molar-refractivity contribution >= 4 is 17.1 Å². The summed E-state index contributed by atoms with van der Waals surface area (Å²) in [6, 6.07) is 1.01. The maximum Gasteiger partial charge on any atom is 0.416 e. The Hall–Kier alpha value is -2.56. The number of rotatable bonds is 5. The van der Waals surface area contributed by atoms with Gasteiger partial charge in [0.05, 0.1) is 11.1 Å². The third-order valence-electron chi connectivity index (χ3n) is 6.69. The molecule has 0 unspecified atom stereocenters. The van der Waals surface area contributed by atoms with E-state index in [1.165, 1.54) is 0 Å². The van der Waals surface area contributed by atoms with E-state index in [9.17, 15) is 35.9 Å². The molecule has 5 nitrogen and oxygen atoms in total. The van der Waals surface area contributed by atoms with E-state index in [2.05, 4.69) is 15.5 Å². The van der Waals surface area contributed by atoms with E-state index in [1.807, 2.05) is 0 Å². The normalized spacial score (nSPS) is 22.6. The predicted molar refractivity (Wildman–Crippen MR) is 116 cm³/mol. The van der Waals surface area contributed by atoms with Gasteiger partial charge in [-0.25, -0.2) is 0 Å². The monoisotopic (exact) mass is 489 g/mol. The lowest BCUT2D eigenvalue weighted by molar-refractivity contribution is -0.143. The molecule has 186 valence electrons. The second-order valence-corrected chi connectivity index (χ2v) is 9.03. The first-order chi connectivity index (χ1) is 15.9. The number of hydrogen-bond acceptors (Lipinski definition) is 5. The second kappa shape index (κ2) is 9.24. The van der Waals surface area contributed by atoms with Crippen LogP contribution in [0.25, 0.3) is 0 Å². The van der Waals surface area contributed by atoms with Gasteiger partial charge in [0.1, 0.15) is 11.4 Å². The molecule has 2 fully saturated rings. The predicted octanol–water partition coefficient (Wildman–Crippen LogP) is 5.27. The molecule has 0 aromatic heterocycles. The molecule has 0 amide bonds. The van der Waals surface area contributed by atoms with Gasteiger partial charge in [0.25, 0.3) is 10.9 Å². The number of piperidine rings is 1. The molecule has 4 rings (SSSR count). The number of halogens is 6. The smallest absolute Gasteiger partial charge is 0.376 e. The third kappa shape index (κ3) is 5.08. The molecule has 2 aromatic carbocycles. The SMILES string of the molecule is O=c1c(Nc2cc(C(F)(F)F)cc(C(F)(F)F)c2)c(N[C@@H]2CCCC[C@H]2N2CCCCC2)c1=O. The lowest BCUT2D eigenvalue weighted by Crippen LogP contribution is -2.52. The van der Waals surface area contributed by atoms with E-state index in [-0.39, 0.29) is 29.5 Å². The Morgan fingerprint density at radius 1 is 0.735 bits per heavy atom. The van der Waals surface area contributed by atoms with Crippen molar-refractivity contribution < 1.29 is 26.3 Å². The van der Waals surface area contributed by atoms with Crippen molar-refractivity contribution in [3.63, 3.8) is 0 Å². The molecule has 2 aliphatic rings. The number of likely N-dealkylation sites (tertiary alicyclic amines) is 1. The molecule has 1 saturated carbocycles. The second-order valence-electron chi connectivity index (χ2n) is 9.03. The summed E-state index contributed by atoms with van der Waals surface area (Å²) in [4.78, 5) is 26.9. The molecule has 0 spiro atoms. The first-order valence-corrected chi connectivity index (χ1v) is 11.4. The molecule has 1 aliphatic carbocycles. The van der Waals surface area contributed by atoms with Gasteiger partial charge in [-0.05, 0) is 57.0 Å². The third-order valence-corrected chi connectivity index (χ3v) is 6.69. The molecule has 1 saturated heterocycles. The van der Waals surface area contributed by atoms with E-state index < -0.39 is 40.0 Å². The maximum atomic E-state index is 13.2. The molecular weight excluding hydrogens is 464 g/mol. The lowest BCUT2D eigenvalue weighted by Gasteiger charge is -2.42. The van der Waals surface area contributed by atoms with Crippen molar-refractivity contribution in [2.24, 2.45) is 0 Å². The Kier molecular flexibility index (Phi) is 6.67. The van der Waals surface area contributed by atoms with Crippen molar-refractivity contribution in [3.8, 4) is 0 Å². The number of nitrogens with zero attached hydrogens (tertiary/aromatic N) is 1. The van der Waals surface area contributed by atoms with Gasteiger partial charge in [-0.2, -0.15) is 26.3 Å². The molecule has 11 heteroatoms. The zero-order valence-corrected chi connectivity index (χ0v) is 18.3. The molecule has 2 N–H and O–H groups in total. The number of anilines is 3. The van der Waals surface area contributed by atoms with E-state index in [0.29, 0.717) is 12.1 Å². The zero-order chi connectivity index (χ0) is 24.7. The van der Waals surface area contributed by atoms with Gasteiger partial charge >= 0.3 is 12.4 Å². The maximum absolute atomic E-state index is 13.2. The number of benzene rings is 1. The van der Waals surface area contributed by atoms with E-state index in [1.54, 1.807) is 0 Å². The highest BCUT2D eigenvalue weighted by Crippen LogP contribution is 2.38. The molecule has 0 bridgehead atoms. The van der Waals surface area contributed by atoms with E-state index in [0.717, 1.165) is 58.0 Å². The molecule has 2 atom stereocenters. The molecule has 1 aliphatic heterocycles. The van der Waals surface area contributed by atoms with Crippen molar-refractivity contribution in [1.82, 2.24) is 4.90 Å². The van der Waals surface area contributed by atoms with E-state index in [4.69, 9.17) is 0 Å². The van der Waals surface area contributed by atoms with Gasteiger partial charge in [0.2, 0.25) is 0 Å². The van der Waals surface area contributed by atoms with Crippen LogP contribution in [0, 0.1) is 0 Å². The summed E-state index contributed by atoms with van der Waals surface area (Å²) >= 11 is 0. The minimum Gasteiger partial charge on any atom is -0.376 e. The van der Waals surface area contributed by atoms with Gasteiger partial charge < -0.3 is 10.6 Å². The minimum atomic E-state index is -5.02.